The van der Waals surface area contributed by atoms with Crippen molar-refractivity contribution in [3.05, 3.63) is 23.6 Å². The average Bonchev–Trinajstić information content (AvgIpc) is 2.91. The maximum absolute atomic E-state index is 9.97. The number of nitrogens with zero attached hydrogens (tertiary/aromatic N) is 4. The predicted octanol–water partition coefficient (Wildman–Crippen LogP) is 0.532. The fourth-order valence-corrected chi connectivity index (χ4v) is 2.92. The Labute approximate surface area is 119 Å². The first kappa shape index (κ1) is 13.3. The van der Waals surface area contributed by atoms with Crippen LogP contribution in [0.1, 0.15) is 12.5 Å². The number of nitrogen functional groups attached to an aromatic ring is 1. The van der Waals surface area contributed by atoms with Gasteiger partial charge in [-0.3, -0.25) is 0 Å². The molecule has 106 valence electrons. The fourth-order valence-electron chi connectivity index (χ4n) is 2.70. The van der Waals surface area contributed by atoms with Crippen LogP contribution in [-0.2, 0) is 0 Å². The number of imidazole rings is 1. The monoisotopic (exact) mass is 295 g/mol. The highest BCUT2D eigenvalue weighted by Crippen LogP contribution is 2.40. The summed E-state index contributed by atoms with van der Waals surface area (Å²) in [6.45, 7) is 3.83. The van der Waals surface area contributed by atoms with Gasteiger partial charge >= 0.3 is 0 Å². The lowest BCUT2D eigenvalue weighted by Gasteiger charge is -2.15. The van der Waals surface area contributed by atoms with Gasteiger partial charge < -0.3 is 20.5 Å². The minimum absolute atomic E-state index is 0.0621. The Kier molecular flexibility index (Phi) is 3.12. The summed E-state index contributed by atoms with van der Waals surface area (Å²) in [5.41, 5.74) is 7.30. The molecule has 1 aliphatic carbocycles. The van der Waals surface area contributed by atoms with Gasteiger partial charge in [0.2, 0.25) is 5.95 Å². The minimum atomic E-state index is -0.635. The van der Waals surface area contributed by atoms with Crippen LogP contribution in [0.3, 0.4) is 0 Å². The van der Waals surface area contributed by atoms with Gasteiger partial charge in [0.25, 0.3) is 0 Å². The fraction of sp³-hybridized carbons (Fsp3) is 0.417. The zero-order chi connectivity index (χ0) is 14.4. The molecule has 1 saturated carbocycles. The second kappa shape index (κ2) is 4.69. The maximum atomic E-state index is 9.97. The molecule has 0 aromatic carbocycles. The zero-order valence-corrected chi connectivity index (χ0v) is 11.3. The van der Waals surface area contributed by atoms with Crippen LogP contribution in [-0.4, -0.2) is 42.4 Å². The molecule has 0 bridgehead atoms. The van der Waals surface area contributed by atoms with Crippen molar-refractivity contribution in [2.75, 3.05) is 12.3 Å². The number of aliphatic hydroxyl groups excluding tert-OH is 2. The predicted molar refractivity (Wildman–Crippen MR) is 74.1 cm³/mol. The molecule has 2 aromatic heterocycles. The highest BCUT2D eigenvalue weighted by atomic mass is 35.5. The quantitative estimate of drug-likeness (QED) is 0.551. The van der Waals surface area contributed by atoms with Crippen molar-refractivity contribution in [2.45, 2.75) is 18.6 Å². The number of rotatable bonds is 2. The molecule has 0 aliphatic heterocycles. The van der Waals surface area contributed by atoms with E-state index in [2.05, 4.69) is 21.5 Å². The van der Waals surface area contributed by atoms with Crippen molar-refractivity contribution < 1.29 is 10.2 Å². The van der Waals surface area contributed by atoms with Gasteiger partial charge in [-0.1, -0.05) is 18.2 Å². The number of aliphatic hydroxyl groups is 2. The molecule has 4 N–H and O–H groups in total. The molecule has 8 heteroatoms. The van der Waals surface area contributed by atoms with E-state index in [9.17, 15) is 10.2 Å². The summed E-state index contributed by atoms with van der Waals surface area (Å²) in [5.74, 6) is -0.278. The van der Waals surface area contributed by atoms with Gasteiger partial charge in [0, 0.05) is 5.92 Å². The van der Waals surface area contributed by atoms with Crippen LogP contribution >= 0.6 is 11.6 Å². The zero-order valence-electron chi connectivity index (χ0n) is 10.6. The van der Waals surface area contributed by atoms with E-state index in [1.807, 2.05) is 0 Å². The van der Waals surface area contributed by atoms with Crippen molar-refractivity contribution >= 4 is 28.7 Å². The van der Waals surface area contributed by atoms with Crippen molar-refractivity contribution in [2.24, 2.45) is 5.92 Å². The third-order valence-corrected chi connectivity index (χ3v) is 4.03. The van der Waals surface area contributed by atoms with Gasteiger partial charge in [-0.05, 0) is 12.0 Å². The van der Waals surface area contributed by atoms with Crippen molar-refractivity contribution in [1.82, 2.24) is 19.5 Å². The van der Waals surface area contributed by atoms with E-state index in [1.54, 1.807) is 10.9 Å². The summed E-state index contributed by atoms with van der Waals surface area (Å²) in [7, 11) is 0. The molecule has 2 aromatic rings. The van der Waals surface area contributed by atoms with Gasteiger partial charge in [0.15, 0.2) is 10.8 Å². The van der Waals surface area contributed by atoms with Gasteiger partial charge in [-0.15, -0.1) is 0 Å². The van der Waals surface area contributed by atoms with Crippen molar-refractivity contribution in [3.8, 4) is 0 Å². The van der Waals surface area contributed by atoms with E-state index in [1.165, 1.54) is 0 Å². The topological polar surface area (TPSA) is 110 Å². The molecule has 3 atom stereocenters. The summed E-state index contributed by atoms with van der Waals surface area (Å²) in [6, 6.07) is -0.197. The van der Waals surface area contributed by atoms with Crippen LogP contribution < -0.4 is 5.73 Å². The van der Waals surface area contributed by atoms with Crippen LogP contribution in [0.5, 0.6) is 0 Å². The maximum Gasteiger partial charge on any atom is 0.223 e. The van der Waals surface area contributed by atoms with Gasteiger partial charge in [-0.25, -0.2) is 4.98 Å². The molecule has 7 nitrogen and oxygen atoms in total. The smallest absolute Gasteiger partial charge is 0.223 e. The Morgan fingerprint density at radius 3 is 2.90 bits per heavy atom. The molecule has 20 heavy (non-hydrogen) atoms. The molecule has 2 heterocycles. The molecule has 1 aliphatic rings. The summed E-state index contributed by atoms with van der Waals surface area (Å²) < 4.78 is 1.76. The van der Waals surface area contributed by atoms with Crippen LogP contribution in [0.2, 0.25) is 5.15 Å². The molecule has 0 saturated heterocycles. The average molecular weight is 296 g/mol. The highest BCUT2D eigenvalue weighted by molar-refractivity contribution is 6.33. The Morgan fingerprint density at radius 1 is 1.50 bits per heavy atom. The van der Waals surface area contributed by atoms with Crippen LogP contribution in [0.25, 0.3) is 11.2 Å². The Balaban J connectivity index is 2.10. The minimum Gasteiger partial charge on any atom is -0.396 e. The van der Waals surface area contributed by atoms with Crippen molar-refractivity contribution in [1.29, 1.82) is 0 Å². The summed E-state index contributed by atoms with van der Waals surface area (Å²) in [5, 5.41) is 19.5. The van der Waals surface area contributed by atoms with E-state index in [0.717, 1.165) is 5.57 Å². The van der Waals surface area contributed by atoms with E-state index in [4.69, 9.17) is 17.3 Å². The van der Waals surface area contributed by atoms with E-state index in [0.29, 0.717) is 17.6 Å². The Bertz CT molecular complexity index is 686. The number of fused-ring (bicyclic) bond motifs is 1. The normalized spacial score (nSPS) is 26.6. The first-order valence-electron chi connectivity index (χ1n) is 6.16. The van der Waals surface area contributed by atoms with Gasteiger partial charge in [0.05, 0.1) is 25.1 Å². The molecule has 0 spiro atoms. The molecule has 0 unspecified atom stereocenters. The number of nitrogens with two attached hydrogens (primary N) is 1. The lowest BCUT2D eigenvalue weighted by Crippen LogP contribution is -2.17. The van der Waals surface area contributed by atoms with E-state index < -0.39 is 6.10 Å². The highest BCUT2D eigenvalue weighted by Gasteiger charge is 2.37. The molecular formula is C12H14ClN5O2. The Hall–Kier alpha value is -1.70. The number of aromatic nitrogens is 4. The van der Waals surface area contributed by atoms with Gasteiger partial charge in [0.1, 0.15) is 5.52 Å². The lowest BCUT2D eigenvalue weighted by molar-refractivity contribution is 0.101. The van der Waals surface area contributed by atoms with Crippen molar-refractivity contribution in [3.63, 3.8) is 0 Å². The first-order valence-corrected chi connectivity index (χ1v) is 6.54. The van der Waals surface area contributed by atoms with Crippen LogP contribution in [0, 0.1) is 5.92 Å². The standard InChI is InChI=1S/C12H14ClN5O2/c1-5-6(3-19)8(20)2-7(5)18-4-15-9-10(13)16-12(14)17-11(9)18/h4,6-8,19-20H,1-3H2,(H2,14,16,17)/t6-,7-,8-/m0/s1. The first-order chi connectivity index (χ1) is 9.52. The van der Waals surface area contributed by atoms with Crippen LogP contribution in [0.15, 0.2) is 18.5 Å². The molecule has 0 amide bonds. The van der Waals surface area contributed by atoms with E-state index >= 15 is 0 Å². The second-order valence-electron chi connectivity index (χ2n) is 4.88. The molecular weight excluding hydrogens is 282 g/mol. The van der Waals surface area contributed by atoms with Gasteiger partial charge in [-0.2, -0.15) is 9.97 Å². The largest absolute Gasteiger partial charge is 0.396 e. The number of halogens is 1. The summed E-state index contributed by atoms with van der Waals surface area (Å²) in [4.78, 5) is 12.2. The second-order valence-corrected chi connectivity index (χ2v) is 5.24. The third kappa shape index (κ3) is 1.86. The summed E-state index contributed by atoms with van der Waals surface area (Å²) >= 11 is 5.98. The lowest BCUT2D eigenvalue weighted by atomic mass is 10.0. The SMILES string of the molecule is C=C1[C@H](CO)[C@@H](O)C[C@@H]1n1cnc2c(Cl)nc(N)nc21. The molecule has 0 radical (unpaired) electrons. The third-order valence-electron chi connectivity index (χ3n) is 3.76. The van der Waals surface area contributed by atoms with Crippen LogP contribution in [0.4, 0.5) is 5.95 Å². The summed E-state index contributed by atoms with van der Waals surface area (Å²) in [6.07, 6.45) is 1.38. The molecule has 3 rings (SSSR count). The number of hydrogen-bond donors (Lipinski definition) is 3. The molecule has 1 fully saturated rings. The van der Waals surface area contributed by atoms with E-state index in [-0.39, 0.29) is 29.7 Å². The number of anilines is 1. The Morgan fingerprint density at radius 2 is 2.25 bits per heavy atom. The number of hydrogen-bond acceptors (Lipinski definition) is 6.